The number of piperidine rings is 1. The molecule has 2 amide bonds. The van der Waals surface area contributed by atoms with Gasteiger partial charge in [0.1, 0.15) is 0 Å². The van der Waals surface area contributed by atoms with Crippen molar-refractivity contribution in [3.8, 4) is 0 Å². The van der Waals surface area contributed by atoms with Gasteiger partial charge in [0.25, 0.3) is 5.91 Å². The van der Waals surface area contributed by atoms with Crippen LogP contribution in [0.4, 0.5) is 11.4 Å². The maximum absolute atomic E-state index is 14.2. The lowest BCUT2D eigenvalue weighted by Gasteiger charge is -2.36. The van der Waals surface area contributed by atoms with Crippen molar-refractivity contribution in [3.05, 3.63) is 59.1 Å². The molecule has 0 radical (unpaired) electrons. The molecule has 0 bridgehead atoms. The maximum atomic E-state index is 14.2. The Kier molecular flexibility index (Phi) is 6.55. The van der Waals surface area contributed by atoms with Crippen molar-refractivity contribution in [2.24, 2.45) is 5.92 Å². The molecule has 0 aliphatic carbocycles. The van der Waals surface area contributed by atoms with Gasteiger partial charge in [-0.1, -0.05) is 29.8 Å². The van der Waals surface area contributed by atoms with Crippen LogP contribution in [0, 0.1) is 5.92 Å². The summed E-state index contributed by atoms with van der Waals surface area (Å²) in [6, 6.07) is 14.8. The fourth-order valence-electron chi connectivity index (χ4n) is 5.24. The molecular weight excluding hydrogens is 486 g/mol. The third kappa shape index (κ3) is 4.01. The smallest absolute Gasteiger partial charge is 0.309 e. The van der Waals surface area contributed by atoms with Gasteiger partial charge in [0.2, 0.25) is 10.8 Å². The zero-order valence-electron chi connectivity index (χ0n) is 19.8. The van der Waals surface area contributed by atoms with Crippen molar-refractivity contribution < 1.29 is 19.1 Å². The number of likely N-dealkylation sites (tertiary alicyclic amines) is 1. The van der Waals surface area contributed by atoms with Gasteiger partial charge >= 0.3 is 5.97 Å². The van der Waals surface area contributed by atoms with Crippen molar-refractivity contribution in [1.82, 2.24) is 4.90 Å². The van der Waals surface area contributed by atoms with E-state index in [1.165, 1.54) is 11.8 Å². The van der Waals surface area contributed by atoms with Crippen LogP contribution in [-0.2, 0) is 24.0 Å². The second kappa shape index (κ2) is 9.48. The molecule has 2 unspecified atom stereocenters. The molecule has 184 valence electrons. The minimum absolute atomic E-state index is 0.0941. The zero-order chi connectivity index (χ0) is 24.7. The van der Waals surface area contributed by atoms with Crippen molar-refractivity contribution in [2.75, 3.05) is 36.2 Å². The van der Waals surface area contributed by atoms with Gasteiger partial charge in [-0.2, -0.15) is 0 Å². The zero-order valence-corrected chi connectivity index (χ0v) is 21.3. The highest BCUT2D eigenvalue weighted by atomic mass is 35.5. The average molecular weight is 514 g/mol. The van der Waals surface area contributed by atoms with E-state index in [0.29, 0.717) is 49.9 Å². The average Bonchev–Trinajstić information content (AvgIpc) is 3.26. The molecule has 0 saturated carbocycles. The van der Waals surface area contributed by atoms with Gasteiger partial charge < -0.3 is 4.74 Å². The summed E-state index contributed by atoms with van der Waals surface area (Å²) in [5, 5.41) is 0.198. The van der Waals surface area contributed by atoms with Crippen LogP contribution < -0.4 is 9.80 Å². The summed E-state index contributed by atoms with van der Waals surface area (Å²) in [5.74, 6) is -0.452. The van der Waals surface area contributed by atoms with Gasteiger partial charge in [-0.05, 0) is 57.0 Å². The molecular formula is C26H28ClN3O4S. The van der Waals surface area contributed by atoms with Gasteiger partial charge in [-0.15, -0.1) is 11.8 Å². The first-order valence-electron chi connectivity index (χ1n) is 11.9. The first kappa shape index (κ1) is 24.2. The Hall–Kier alpha value is -2.55. The predicted molar refractivity (Wildman–Crippen MR) is 137 cm³/mol. The topological polar surface area (TPSA) is 70.2 Å². The molecule has 0 N–H and O–H groups in total. The summed E-state index contributed by atoms with van der Waals surface area (Å²) in [7, 11) is 0. The van der Waals surface area contributed by atoms with Gasteiger partial charge in [-0.25, -0.2) is 0 Å². The number of halogens is 1. The van der Waals surface area contributed by atoms with Crippen LogP contribution in [0.15, 0.2) is 48.5 Å². The van der Waals surface area contributed by atoms with Crippen LogP contribution in [-0.4, -0.2) is 54.3 Å². The van der Waals surface area contributed by atoms with E-state index in [9.17, 15) is 14.4 Å². The minimum Gasteiger partial charge on any atom is -0.466 e. The number of benzene rings is 2. The number of carbonyl (C=O) groups excluding carboxylic acids is 3. The molecule has 2 aromatic rings. The number of carbonyl (C=O) groups is 3. The first-order chi connectivity index (χ1) is 16.9. The number of fused-ring (bicyclic) bond motifs is 2. The number of ether oxygens (including phenoxy) is 1. The normalized spacial score (nSPS) is 24.9. The molecule has 2 fully saturated rings. The van der Waals surface area contributed by atoms with Crippen molar-refractivity contribution >= 4 is 52.5 Å². The summed E-state index contributed by atoms with van der Waals surface area (Å²) in [5.41, 5.74) is 2.29. The summed E-state index contributed by atoms with van der Waals surface area (Å²) < 4.78 is 5.19. The van der Waals surface area contributed by atoms with Crippen LogP contribution in [0.2, 0.25) is 5.02 Å². The molecule has 7 nitrogen and oxygen atoms in total. The van der Waals surface area contributed by atoms with E-state index >= 15 is 0 Å². The van der Waals surface area contributed by atoms with E-state index < -0.39 is 4.87 Å². The number of amides is 2. The Morgan fingerprint density at radius 2 is 1.80 bits per heavy atom. The van der Waals surface area contributed by atoms with E-state index in [2.05, 4.69) is 4.90 Å². The second-order valence-electron chi connectivity index (χ2n) is 9.09. The fourth-order valence-corrected chi connectivity index (χ4v) is 6.89. The second-order valence-corrected chi connectivity index (χ2v) is 11.1. The maximum Gasteiger partial charge on any atom is 0.309 e. The van der Waals surface area contributed by atoms with E-state index in [1.807, 2.05) is 38.1 Å². The Morgan fingerprint density at radius 3 is 2.49 bits per heavy atom. The predicted octanol–water partition coefficient (Wildman–Crippen LogP) is 4.24. The van der Waals surface area contributed by atoms with Crippen molar-refractivity contribution in [2.45, 2.75) is 36.8 Å². The number of thioether (sulfide) groups is 1. The Bertz CT molecular complexity index is 1150. The number of nitrogens with zero attached hydrogens (tertiary/aromatic N) is 3. The molecule has 3 heterocycles. The third-order valence-electron chi connectivity index (χ3n) is 6.96. The number of rotatable bonds is 5. The monoisotopic (exact) mass is 513 g/mol. The van der Waals surface area contributed by atoms with Gasteiger partial charge in [0.15, 0.2) is 0 Å². The summed E-state index contributed by atoms with van der Waals surface area (Å²) >= 11 is 7.49. The lowest BCUT2D eigenvalue weighted by molar-refractivity contribution is -0.149. The highest BCUT2D eigenvalue weighted by molar-refractivity contribution is 8.03. The summed E-state index contributed by atoms with van der Waals surface area (Å²) in [6.07, 6.45) is 1.41. The van der Waals surface area contributed by atoms with Gasteiger partial charge in [0, 0.05) is 29.4 Å². The van der Waals surface area contributed by atoms with E-state index in [1.54, 1.807) is 34.1 Å². The Morgan fingerprint density at radius 1 is 1.11 bits per heavy atom. The van der Waals surface area contributed by atoms with Crippen molar-refractivity contribution in [3.63, 3.8) is 0 Å². The quantitative estimate of drug-likeness (QED) is 0.557. The van der Waals surface area contributed by atoms with Crippen molar-refractivity contribution in [1.29, 1.82) is 0 Å². The van der Waals surface area contributed by atoms with Crippen LogP contribution >= 0.6 is 23.4 Å². The first-order valence-corrected chi connectivity index (χ1v) is 13.2. The molecule has 2 atom stereocenters. The third-order valence-corrected chi connectivity index (χ3v) is 8.68. The minimum atomic E-state index is -1.16. The Balaban J connectivity index is 1.45. The van der Waals surface area contributed by atoms with E-state index in [-0.39, 0.29) is 29.0 Å². The highest BCUT2D eigenvalue weighted by Gasteiger charge is 2.63. The highest BCUT2D eigenvalue weighted by Crippen LogP contribution is 2.57. The summed E-state index contributed by atoms with van der Waals surface area (Å²) in [6.45, 7) is 5.87. The number of hydrogen-bond acceptors (Lipinski definition) is 6. The number of esters is 1. The van der Waals surface area contributed by atoms with Crippen LogP contribution in [0.3, 0.4) is 0 Å². The summed E-state index contributed by atoms with van der Waals surface area (Å²) in [4.78, 5) is 44.3. The molecule has 2 saturated heterocycles. The molecule has 5 rings (SSSR count). The van der Waals surface area contributed by atoms with Crippen LogP contribution in [0.25, 0.3) is 0 Å². The fraction of sp³-hybridized carbons (Fsp3) is 0.423. The Labute approximate surface area is 214 Å². The number of para-hydroxylation sites is 1. The lowest BCUT2D eigenvalue weighted by atomic mass is 9.97. The molecule has 0 aromatic heterocycles. The molecule has 3 aliphatic heterocycles. The number of hydrogen-bond donors (Lipinski definition) is 0. The number of anilines is 2. The van der Waals surface area contributed by atoms with E-state index in [4.69, 9.17) is 16.3 Å². The van der Waals surface area contributed by atoms with Gasteiger partial charge in [0.05, 0.1) is 30.1 Å². The lowest BCUT2D eigenvalue weighted by Crippen LogP contribution is -2.52. The van der Waals surface area contributed by atoms with E-state index in [0.717, 1.165) is 11.3 Å². The molecule has 1 spiro atoms. The molecule has 2 aromatic carbocycles. The SMILES string of the molecule is CCOC(=O)C1CCN(CN2C(=O)C3(SC(C)C(=O)N3c3ccc(Cl)cc3)c3ccccc32)CC1. The van der Waals surface area contributed by atoms with Gasteiger partial charge in [-0.3, -0.25) is 29.1 Å². The van der Waals surface area contributed by atoms with Crippen LogP contribution in [0.1, 0.15) is 32.3 Å². The standard InChI is InChI=1S/C26H28ClN3O4S/c1-3-34-24(32)18-12-14-28(15-13-18)16-29-22-7-5-4-6-21(22)26(25(29)33)30(23(31)17(2)35-26)20-10-8-19(27)9-11-20/h4-11,17-18H,3,12-16H2,1-2H3. The largest absolute Gasteiger partial charge is 0.466 e. The molecule has 35 heavy (non-hydrogen) atoms. The van der Waals surface area contributed by atoms with Crippen LogP contribution in [0.5, 0.6) is 0 Å². The molecule has 9 heteroatoms. The molecule has 3 aliphatic rings.